The van der Waals surface area contributed by atoms with E-state index >= 15 is 0 Å². The van der Waals surface area contributed by atoms with Gasteiger partial charge in [-0.25, -0.2) is 4.39 Å². The lowest BCUT2D eigenvalue weighted by Gasteiger charge is -2.22. The van der Waals surface area contributed by atoms with E-state index in [4.69, 9.17) is 11.6 Å². The second-order valence-electron chi connectivity index (χ2n) is 5.44. The van der Waals surface area contributed by atoms with Crippen LogP contribution in [-0.4, -0.2) is 17.5 Å². The maximum Gasteiger partial charge on any atom is 0.461 e. The number of hydrogen-bond donors (Lipinski definition) is 1. The van der Waals surface area contributed by atoms with Crippen molar-refractivity contribution < 1.29 is 26.7 Å². The second-order valence-corrected chi connectivity index (χ2v) is 5.88. The van der Waals surface area contributed by atoms with Crippen molar-refractivity contribution in [1.82, 2.24) is 10.3 Å². The van der Waals surface area contributed by atoms with Gasteiger partial charge in [0.1, 0.15) is 11.6 Å². The lowest BCUT2D eigenvalue weighted by molar-refractivity contribution is -0.253. The molecule has 0 amide bonds. The molecule has 1 aromatic heterocycles. The Morgan fingerprint density at radius 2 is 1.96 bits per heavy atom. The van der Waals surface area contributed by atoms with Crippen LogP contribution in [0.5, 0.6) is 5.75 Å². The van der Waals surface area contributed by atoms with Crippen LogP contribution >= 0.6 is 11.6 Å². The summed E-state index contributed by atoms with van der Waals surface area (Å²) in [7, 11) is 0. The molecule has 26 heavy (non-hydrogen) atoms. The fourth-order valence-electron chi connectivity index (χ4n) is 2.14. The predicted molar refractivity (Wildman–Crippen MR) is 87.0 cm³/mol. The molecule has 1 aromatic carbocycles. The Labute approximate surface area is 151 Å². The number of nitrogens with one attached hydrogen (secondary N) is 1. The zero-order valence-corrected chi connectivity index (χ0v) is 14.2. The number of pyridine rings is 1. The molecule has 3 nitrogen and oxygen atoms in total. The van der Waals surface area contributed by atoms with E-state index < -0.39 is 30.1 Å². The first-order valence-electron chi connectivity index (χ1n) is 7.27. The van der Waals surface area contributed by atoms with Gasteiger partial charge in [-0.1, -0.05) is 18.2 Å². The number of nitrogens with zero attached hydrogens (tertiary/aromatic N) is 1. The number of aromatic nitrogens is 1. The predicted octanol–water partition coefficient (Wildman–Crippen LogP) is 5.32. The van der Waals surface area contributed by atoms with Crippen LogP contribution in [0.2, 0.25) is 5.02 Å². The molecule has 0 unspecified atom stereocenters. The van der Waals surface area contributed by atoms with Crippen molar-refractivity contribution in [2.45, 2.75) is 25.5 Å². The first-order chi connectivity index (χ1) is 12.1. The van der Waals surface area contributed by atoms with E-state index in [0.717, 1.165) is 12.1 Å². The molecule has 2 rings (SSSR count). The Morgan fingerprint density at radius 1 is 1.27 bits per heavy atom. The Bertz CT molecular complexity index is 783. The van der Waals surface area contributed by atoms with Gasteiger partial charge in [0, 0.05) is 18.0 Å². The number of hydrogen-bond acceptors (Lipinski definition) is 3. The first-order valence-corrected chi connectivity index (χ1v) is 7.65. The fraction of sp³-hybridized carbons (Fsp3) is 0.235. The Balaban J connectivity index is 2.44. The van der Waals surface area contributed by atoms with E-state index in [1.807, 2.05) is 0 Å². The number of allylic oxidation sites excluding steroid dienone is 1. The van der Waals surface area contributed by atoms with Crippen LogP contribution in [0.25, 0.3) is 0 Å². The summed E-state index contributed by atoms with van der Waals surface area (Å²) >= 11 is 5.79. The molecular weight excluding hydrogens is 379 g/mol. The van der Waals surface area contributed by atoms with E-state index in [9.17, 15) is 22.0 Å². The zero-order valence-electron chi connectivity index (χ0n) is 13.4. The average Bonchev–Trinajstić information content (AvgIpc) is 2.52. The van der Waals surface area contributed by atoms with Gasteiger partial charge in [0.15, 0.2) is 0 Å². The molecule has 0 spiro atoms. The van der Waals surface area contributed by atoms with Gasteiger partial charge >= 0.3 is 12.5 Å². The summed E-state index contributed by atoms with van der Waals surface area (Å²) in [6.45, 7) is 5.31. The number of halogens is 6. The third-order valence-electron chi connectivity index (χ3n) is 3.17. The van der Waals surface area contributed by atoms with Gasteiger partial charge in [-0.2, -0.15) is 17.6 Å². The molecule has 0 aliphatic carbocycles. The van der Waals surface area contributed by atoms with E-state index in [0.29, 0.717) is 22.5 Å². The Hall–Kier alpha value is -2.35. The molecule has 2 aromatic rings. The smallest absolute Gasteiger partial charge is 0.428 e. The van der Waals surface area contributed by atoms with Gasteiger partial charge < -0.3 is 10.1 Å². The summed E-state index contributed by atoms with van der Waals surface area (Å²) in [5, 5.41) is 3.28. The van der Waals surface area contributed by atoms with Crippen molar-refractivity contribution in [3.05, 3.63) is 70.9 Å². The third-order valence-corrected chi connectivity index (χ3v) is 3.40. The molecule has 1 N–H and O–H groups in total. The van der Waals surface area contributed by atoms with Gasteiger partial charge in [-0.05, 0) is 36.8 Å². The highest BCUT2D eigenvalue weighted by molar-refractivity contribution is 6.30. The Morgan fingerprint density at radius 3 is 2.50 bits per heavy atom. The third kappa shape index (κ3) is 5.08. The summed E-state index contributed by atoms with van der Waals surface area (Å²) in [6, 6.07) is 4.96. The fourth-order valence-corrected chi connectivity index (χ4v) is 2.26. The molecule has 0 saturated heterocycles. The molecule has 1 atom stereocenters. The van der Waals surface area contributed by atoms with Gasteiger partial charge in [0.25, 0.3) is 0 Å². The molecule has 0 aliphatic heterocycles. The van der Waals surface area contributed by atoms with Gasteiger partial charge in [0.2, 0.25) is 0 Å². The van der Waals surface area contributed by atoms with Crippen molar-refractivity contribution in [3.8, 4) is 5.75 Å². The Kier molecular flexibility index (Phi) is 6.07. The van der Waals surface area contributed by atoms with Crippen molar-refractivity contribution in [2.24, 2.45) is 0 Å². The molecule has 0 saturated carbocycles. The van der Waals surface area contributed by atoms with Crippen LogP contribution in [-0.2, 0) is 0 Å². The van der Waals surface area contributed by atoms with E-state index in [1.54, 1.807) is 19.1 Å². The molecule has 1 heterocycles. The minimum absolute atomic E-state index is 0.128. The molecule has 0 bridgehead atoms. The minimum Gasteiger partial charge on any atom is -0.428 e. The highest BCUT2D eigenvalue weighted by Crippen LogP contribution is 2.31. The number of alkyl halides is 4. The first kappa shape index (κ1) is 20.0. The van der Waals surface area contributed by atoms with Crippen LogP contribution in [0.15, 0.2) is 48.8 Å². The summed E-state index contributed by atoms with van der Waals surface area (Å²) in [4.78, 5) is 4.10. The lowest BCUT2D eigenvalue weighted by atomic mass is 10.0. The van der Waals surface area contributed by atoms with Gasteiger partial charge in [0.05, 0.1) is 16.8 Å². The van der Waals surface area contributed by atoms with Crippen molar-refractivity contribution >= 4 is 11.6 Å². The summed E-state index contributed by atoms with van der Waals surface area (Å²) in [6.07, 6.45) is -7.46. The number of benzene rings is 1. The largest absolute Gasteiger partial charge is 0.461 e. The van der Waals surface area contributed by atoms with Crippen LogP contribution in [0, 0.1) is 5.82 Å². The van der Waals surface area contributed by atoms with Gasteiger partial charge in [-0.15, -0.1) is 0 Å². The van der Waals surface area contributed by atoms with Crippen molar-refractivity contribution in [1.29, 1.82) is 0 Å². The molecule has 140 valence electrons. The van der Waals surface area contributed by atoms with E-state index in [2.05, 4.69) is 21.6 Å². The van der Waals surface area contributed by atoms with E-state index in [1.165, 1.54) is 6.20 Å². The topological polar surface area (TPSA) is 34.1 Å². The highest BCUT2D eigenvalue weighted by atomic mass is 35.5. The summed E-state index contributed by atoms with van der Waals surface area (Å²) < 4.78 is 68.7. The molecule has 9 heteroatoms. The molecule has 0 fully saturated rings. The second kappa shape index (κ2) is 7.90. The van der Waals surface area contributed by atoms with E-state index in [-0.39, 0.29) is 5.56 Å². The zero-order chi connectivity index (χ0) is 19.5. The highest BCUT2D eigenvalue weighted by Gasteiger charge is 2.44. The van der Waals surface area contributed by atoms with Gasteiger partial charge in [-0.3, -0.25) is 4.98 Å². The van der Waals surface area contributed by atoms with Crippen LogP contribution < -0.4 is 10.1 Å². The quantitative estimate of drug-likeness (QED) is 0.647. The minimum atomic E-state index is -4.75. The summed E-state index contributed by atoms with van der Waals surface area (Å²) in [5.41, 5.74) is 0.994. The normalized spacial score (nSPS) is 12.8. The van der Waals surface area contributed by atoms with Crippen LogP contribution in [0.3, 0.4) is 0 Å². The summed E-state index contributed by atoms with van der Waals surface area (Å²) in [5.74, 6) is -1.68. The number of ether oxygens (including phenoxy) is 1. The average molecular weight is 393 g/mol. The van der Waals surface area contributed by atoms with Crippen LogP contribution in [0.4, 0.5) is 22.0 Å². The number of rotatable bonds is 7. The lowest BCUT2D eigenvalue weighted by Crippen LogP contribution is -2.33. The maximum atomic E-state index is 13.9. The van der Waals surface area contributed by atoms with Crippen molar-refractivity contribution in [2.75, 3.05) is 0 Å². The SMILES string of the molecule is C=C(C)N[C@@H](c1cc(F)cc(OC(F)(F)C(F)F)c1)c1ccc(Cl)cn1. The monoisotopic (exact) mass is 392 g/mol. The molecule has 0 radical (unpaired) electrons. The molecule has 0 aliphatic rings. The molecular formula is C17H14ClF5N2O. The van der Waals surface area contributed by atoms with Crippen molar-refractivity contribution in [3.63, 3.8) is 0 Å². The van der Waals surface area contributed by atoms with Crippen LogP contribution in [0.1, 0.15) is 24.2 Å². The maximum absolute atomic E-state index is 13.9. The standard InChI is InChI=1S/C17H14ClF5N2O/c1-9(2)25-15(14-4-3-11(18)8-24-14)10-5-12(19)7-13(6-10)26-17(22,23)16(20)21/h3-8,15-16,25H,1H2,2H3/t15-/m0/s1.